The zero-order valence-corrected chi connectivity index (χ0v) is 16.1. The van der Waals surface area contributed by atoms with Gasteiger partial charge in [-0.05, 0) is 30.3 Å². The van der Waals surface area contributed by atoms with E-state index in [2.05, 4.69) is 5.32 Å². The molecule has 0 radical (unpaired) electrons. The first-order chi connectivity index (χ1) is 14.3. The number of fused-ring (bicyclic) bond motifs is 3. The van der Waals surface area contributed by atoms with Gasteiger partial charge in [0.25, 0.3) is 15.7 Å². The van der Waals surface area contributed by atoms with Gasteiger partial charge in [0.15, 0.2) is 0 Å². The smallest absolute Gasteiger partial charge is 0.271 e. The van der Waals surface area contributed by atoms with E-state index in [0.717, 1.165) is 10.4 Å². The lowest BCUT2D eigenvalue weighted by atomic mass is 10.0. The Bertz CT molecular complexity index is 1290. The van der Waals surface area contributed by atoms with Gasteiger partial charge in [0.05, 0.1) is 15.5 Å². The van der Waals surface area contributed by atoms with Crippen LogP contribution in [0.5, 0.6) is 0 Å². The van der Waals surface area contributed by atoms with Crippen LogP contribution in [-0.4, -0.2) is 25.8 Å². The van der Waals surface area contributed by atoms with Crippen molar-refractivity contribution in [2.45, 2.75) is 4.90 Å². The lowest BCUT2D eigenvalue weighted by Crippen LogP contribution is -2.40. The summed E-state index contributed by atoms with van der Waals surface area (Å²) < 4.78 is 41.1. The molecule has 1 aliphatic heterocycles. The SMILES string of the molecule is O=C(CN1c2ccc(F)cc2-c2ccccc2S1(=O)=O)Nc1cccc([N+](=O)[O-])c1. The van der Waals surface area contributed by atoms with Gasteiger partial charge in [-0.3, -0.25) is 19.2 Å². The number of non-ortho nitro benzene ring substituents is 1. The molecule has 0 aromatic heterocycles. The monoisotopic (exact) mass is 427 g/mol. The molecule has 1 heterocycles. The van der Waals surface area contributed by atoms with E-state index in [0.29, 0.717) is 11.1 Å². The molecule has 0 atom stereocenters. The maximum Gasteiger partial charge on any atom is 0.271 e. The molecule has 3 aromatic carbocycles. The fourth-order valence-electron chi connectivity index (χ4n) is 3.30. The number of nitrogens with one attached hydrogen (secondary N) is 1. The maximum atomic E-state index is 13.9. The summed E-state index contributed by atoms with van der Waals surface area (Å²) in [6.07, 6.45) is 0. The number of halogens is 1. The van der Waals surface area contributed by atoms with E-state index in [-0.39, 0.29) is 22.0 Å². The molecule has 152 valence electrons. The van der Waals surface area contributed by atoms with Gasteiger partial charge in [-0.2, -0.15) is 0 Å². The molecule has 4 rings (SSSR count). The summed E-state index contributed by atoms with van der Waals surface area (Å²) in [5.41, 5.74) is 0.812. The molecule has 1 amide bonds. The number of nitrogens with zero attached hydrogens (tertiary/aromatic N) is 2. The highest BCUT2D eigenvalue weighted by Gasteiger charge is 2.36. The van der Waals surface area contributed by atoms with E-state index in [4.69, 9.17) is 0 Å². The van der Waals surface area contributed by atoms with Crippen LogP contribution in [0.15, 0.2) is 71.6 Å². The van der Waals surface area contributed by atoms with Gasteiger partial charge < -0.3 is 5.32 Å². The lowest BCUT2D eigenvalue weighted by molar-refractivity contribution is -0.384. The highest BCUT2D eigenvalue weighted by Crippen LogP contribution is 2.43. The maximum absolute atomic E-state index is 13.9. The first-order valence-corrected chi connectivity index (χ1v) is 10.2. The van der Waals surface area contributed by atoms with Crippen molar-refractivity contribution < 1.29 is 22.5 Å². The molecular formula is C20H14FN3O5S. The number of nitro groups is 1. The van der Waals surface area contributed by atoms with Crippen LogP contribution in [0.1, 0.15) is 0 Å². The van der Waals surface area contributed by atoms with Crippen LogP contribution in [-0.2, 0) is 14.8 Å². The van der Waals surface area contributed by atoms with Crippen LogP contribution in [0.2, 0.25) is 0 Å². The molecule has 0 fully saturated rings. The Morgan fingerprint density at radius 3 is 2.57 bits per heavy atom. The molecular weight excluding hydrogens is 413 g/mol. The zero-order chi connectivity index (χ0) is 21.5. The fraction of sp³-hybridized carbons (Fsp3) is 0.0500. The molecule has 1 N–H and O–H groups in total. The number of rotatable bonds is 4. The summed E-state index contributed by atoms with van der Waals surface area (Å²) in [4.78, 5) is 22.8. The number of hydrogen-bond acceptors (Lipinski definition) is 5. The molecule has 10 heteroatoms. The van der Waals surface area contributed by atoms with Gasteiger partial charge in [-0.15, -0.1) is 0 Å². The van der Waals surface area contributed by atoms with Crippen LogP contribution < -0.4 is 9.62 Å². The van der Waals surface area contributed by atoms with Gasteiger partial charge >= 0.3 is 0 Å². The minimum Gasteiger partial charge on any atom is -0.324 e. The van der Waals surface area contributed by atoms with Crippen LogP contribution in [0, 0.1) is 15.9 Å². The molecule has 1 aliphatic rings. The Balaban J connectivity index is 1.70. The second-order valence-electron chi connectivity index (χ2n) is 6.52. The number of carbonyl (C=O) groups excluding carboxylic acids is 1. The summed E-state index contributed by atoms with van der Waals surface area (Å²) >= 11 is 0. The normalized spacial score (nSPS) is 13.8. The van der Waals surface area contributed by atoms with Crippen molar-refractivity contribution in [3.63, 3.8) is 0 Å². The number of amides is 1. The molecule has 0 saturated carbocycles. The number of benzene rings is 3. The Morgan fingerprint density at radius 1 is 1.03 bits per heavy atom. The van der Waals surface area contributed by atoms with Gasteiger partial charge in [0.2, 0.25) is 5.91 Å². The number of sulfonamides is 1. The first kappa shape index (κ1) is 19.5. The van der Waals surface area contributed by atoms with Crippen molar-refractivity contribution in [3.8, 4) is 11.1 Å². The van der Waals surface area contributed by atoms with E-state index in [9.17, 15) is 27.7 Å². The van der Waals surface area contributed by atoms with Crippen LogP contribution in [0.25, 0.3) is 11.1 Å². The summed E-state index contributed by atoms with van der Waals surface area (Å²) in [6.45, 7) is -0.585. The number of anilines is 2. The Morgan fingerprint density at radius 2 is 1.80 bits per heavy atom. The number of nitro benzene ring substituents is 1. The predicted molar refractivity (Wildman–Crippen MR) is 108 cm³/mol. The van der Waals surface area contributed by atoms with Crippen molar-refractivity contribution >= 4 is 33.0 Å². The third-order valence-corrected chi connectivity index (χ3v) is 6.42. The van der Waals surface area contributed by atoms with Gasteiger partial charge in [-0.1, -0.05) is 24.3 Å². The quantitative estimate of drug-likeness (QED) is 0.506. The molecule has 0 spiro atoms. The van der Waals surface area contributed by atoms with E-state index in [1.165, 1.54) is 42.5 Å². The predicted octanol–water partition coefficient (Wildman–Crippen LogP) is 3.55. The highest BCUT2D eigenvalue weighted by atomic mass is 32.2. The minimum atomic E-state index is -4.08. The topological polar surface area (TPSA) is 110 Å². The van der Waals surface area contributed by atoms with Crippen molar-refractivity contribution in [3.05, 3.63) is 82.7 Å². The molecule has 30 heavy (non-hydrogen) atoms. The second kappa shape index (κ2) is 7.23. The van der Waals surface area contributed by atoms with Crippen molar-refractivity contribution in [2.75, 3.05) is 16.2 Å². The third kappa shape index (κ3) is 3.37. The molecule has 0 bridgehead atoms. The Hall–Kier alpha value is -3.79. The summed E-state index contributed by atoms with van der Waals surface area (Å²) in [6, 6.07) is 15.1. The number of hydrogen-bond donors (Lipinski definition) is 1. The number of carbonyl (C=O) groups is 1. The first-order valence-electron chi connectivity index (χ1n) is 8.73. The minimum absolute atomic E-state index is 0.0359. The van der Waals surface area contributed by atoms with E-state index < -0.39 is 33.2 Å². The summed E-state index contributed by atoms with van der Waals surface area (Å²) in [5, 5.41) is 13.4. The Kier molecular flexibility index (Phi) is 4.70. The van der Waals surface area contributed by atoms with Crippen molar-refractivity contribution in [2.24, 2.45) is 0 Å². The average Bonchev–Trinajstić information content (AvgIpc) is 2.71. The standard InChI is InChI=1S/C20H14FN3O5S/c21-13-8-9-18-17(10-13)16-6-1-2-7-19(16)30(28,29)23(18)12-20(25)22-14-4-3-5-15(11-14)24(26)27/h1-11H,12H2,(H,22,25). The molecule has 8 nitrogen and oxygen atoms in total. The van der Waals surface area contributed by atoms with E-state index >= 15 is 0 Å². The molecule has 3 aromatic rings. The second-order valence-corrected chi connectivity index (χ2v) is 8.36. The summed E-state index contributed by atoms with van der Waals surface area (Å²) in [5.74, 6) is -1.24. The zero-order valence-electron chi connectivity index (χ0n) is 15.3. The fourth-order valence-corrected chi connectivity index (χ4v) is 4.95. The van der Waals surface area contributed by atoms with Gasteiger partial charge in [-0.25, -0.2) is 12.8 Å². The highest BCUT2D eigenvalue weighted by molar-refractivity contribution is 7.93. The molecule has 0 aliphatic carbocycles. The van der Waals surface area contributed by atoms with Gasteiger partial charge in [0, 0.05) is 28.9 Å². The largest absolute Gasteiger partial charge is 0.324 e. The molecule has 0 saturated heterocycles. The van der Waals surface area contributed by atoms with Crippen LogP contribution in [0.4, 0.5) is 21.5 Å². The Labute approximate surface area is 170 Å². The van der Waals surface area contributed by atoms with Crippen molar-refractivity contribution in [1.82, 2.24) is 0 Å². The average molecular weight is 427 g/mol. The van der Waals surface area contributed by atoms with E-state index in [1.54, 1.807) is 18.2 Å². The third-order valence-electron chi connectivity index (χ3n) is 4.60. The summed E-state index contributed by atoms with van der Waals surface area (Å²) in [7, 11) is -4.08. The van der Waals surface area contributed by atoms with Crippen molar-refractivity contribution in [1.29, 1.82) is 0 Å². The van der Waals surface area contributed by atoms with Crippen LogP contribution in [0.3, 0.4) is 0 Å². The molecule has 0 unspecified atom stereocenters. The lowest BCUT2D eigenvalue weighted by Gasteiger charge is -2.31. The van der Waals surface area contributed by atoms with E-state index in [1.807, 2.05) is 0 Å². The van der Waals surface area contributed by atoms with Gasteiger partial charge in [0.1, 0.15) is 12.4 Å². The van der Waals surface area contributed by atoms with Crippen LogP contribution >= 0.6 is 0 Å².